The van der Waals surface area contributed by atoms with E-state index in [-0.39, 0.29) is 0 Å². The van der Waals surface area contributed by atoms with Crippen molar-refractivity contribution in [1.82, 2.24) is 0 Å². The van der Waals surface area contributed by atoms with Crippen molar-refractivity contribution in [3.8, 4) is 34.5 Å². The maximum absolute atomic E-state index is 6.75. The molecular formula is C60H96O6. The second kappa shape index (κ2) is 30.1. The molecule has 0 amide bonds. The Morgan fingerprint density at radius 2 is 0.394 bits per heavy atom. The molecule has 0 aliphatic heterocycles. The maximum Gasteiger partial charge on any atom is 0.161 e. The quantitative estimate of drug-likeness (QED) is 0.0335. The van der Waals surface area contributed by atoms with E-state index in [9.17, 15) is 0 Å². The number of hydrogen-bond acceptors (Lipinski definition) is 6. The van der Waals surface area contributed by atoms with Crippen molar-refractivity contribution in [2.45, 2.75) is 199 Å². The van der Waals surface area contributed by atoms with Gasteiger partial charge >= 0.3 is 0 Å². The van der Waals surface area contributed by atoms with Crippen LogP contribution in [0.4, 0.5) is 0 Å². The van der Waals surface area contributed by atoms with E-state index in [0.29, 0.717) is 75.1 Å². The first-order valence-corrected chi connectivity index (χ1v) is 27.3. The minimum absolute atomic E-state index is 0.649. The van der Waals surface area contributed by atoms with Crippen LogP contribution in [0.3, 0.4) is 0 Å². The number of fused-ring (bicyclic) bond motifs is 6. The highest BCUT2D eigenvalue weighted by Crippen LogP contribution is 2.47. The minimum atomic E-state index is 0.649. The molecule has 0 saturated carbocycles. The summed E-state index contributed by atoms with van der Waals surface area (Å²) in [4.78, 5) is 0. The Morgan fingerprint density at radius 3 is 0.515 bits per heavy atom. The van der Waals surface area contributed by atoms with Gasteiger partial charge < -0.3 is 28.4 Å². The smallest absolute Gasteiger partial charge is 0.161 e. The van der Waals surface area contributed by atoms with Crippen LogP contribution < -0.4 is 28.4 Å². The van der Waals surface area contributed by atoms with Gasteiger partial charge in [0.2, 0.25) is 0 Å². The van der Waals surface area contributed by atoms with Gasteiger partial charge in [-0.25, -0.2) is 0 Å². The van der Waals surface area contributed by atoms with E-state index in [1.54, 1.807) is 0 Å². The zero-order chi connectivity index (χ0) is 47.8. The first-order chi connectivity index (χ1) is 32.0. The van der Waals surface area contributed by atoms with Gasteiger partial charge in [-0.15, -0.1) is 0 Å². The second-order valence-corrected chi connectivity index (χ2v) is 20.6. The molecule has 0 aliphatic carbocycles. The molecule has 0 spiro atoms. The molecule has 0 fully saturated rings. The fourth-order valence-corrected chi connectivity index (χ4v) is 8.60. The number of hydrogen-bond donors (Lipinski definition) is 0. The molecule has 4 aromatic rings. The molecule has 0 bridgehead atoms. The molecule has 66 heavy (non-hydrogen) atoms. The molecule has 0 aromatic heterocycles. The third-order valence-corrected chi connectivity index (χ3v) is 14.9. The van der Waals surface area contributed by atoms with Crippen molar-refractivity contribution in [2.24, 2.45) is 35.5 Å². The van der Waals surface area contributed by atoms with Crippen molar-refractivity contribution in [2.75, 3.05) is 39.6 Å². The monoisotopic (exact) mass is 913 g/mol. The molecule has 4 rings (SSSR count). The summed E-state index contributed by atoms with van der Waals surface area (Å²) in [6.07, 6.45) is 19.9. The number of benzene rings is 4. The largest absolute Gasteiger partial charge is 0.490 e. The van der Waals surface area contributed by atoms with Crippen molar-refractivity contribution in [1.29, 1.82) is 0 Å². The van der Waals surface area contributed by atoms with E-state index in [4.69, 9.17) is 28.4 Å². The Morgan fingerprint density at radius 1 is 0.258 bits per heavy atom. The summed E-state index contributed by atoms with van der Waals surface area (Å²) in [5.41, 5.74) is 0. The van der Waals surface area contributed by atoms with Gasteiger partial charge in [0.1, 0.15) is 0 Å². The van der Waals surface area contributed by atoms with Crippen LogP contribution in [-0.2, 0) is 0 Å². The molecule has 0 saturated heterocycles. The van der Waals surface area contributed by atoms with Gasteiger partial charge in [0, 0.05) is 0 Å². The Hall–Kier alpha value is -3.54. The second-order valence-electron chi connectivity index (χ2n) is 20.6. The first-order valence-electron chi connectivity index (χ1n) is 27.3. The normalized spacial score (nSPS) is 14.5. The lowest BCUT2D eigenvalue weighted by atomic mass is 9.93. The summed E-state index contributed by atoms with van der Waals surface area (Å²) in [5, 5.41) is 6.66. The molecule has 6 atom stereocenters. The molecule has 6 nitrogen and oxygen atoms in total. The van der Waals surface area contributed by atoms with Crippen molar-refractivity contribution in [3.05, 3.63) is 36.4 Å². The van der Waals surface area contributed by atoms with Crippen LogP contribution in [0.5, 0.6) is 34.5 Å². The third kappa shape index (κ3) is 17.5. The van der Waals surface area contributed by atoms with E-state index in [2.05, 4.69) is 119 Å². The maximum atomic E-state index is 6.75. The Bertz CT molecular complexity index is 1580. The zero-order valence-electron chi connectivity index (χ0n) is 44.3. The summed E-state index contributed by atoms with van der Waals surface area (Å²) in [6, 6.07) is 13.5. The van der Waals surface area contributed by atoms with Crippen molar-refractivity contribution < 1.29 is 28.4 Å². The van der Waals surface area contributed by atoms with Crippen molar-refractivity contribution >= 4 is 32.3 Å². The van der Waals surface area contributed by atoms with Gasteiger partial charge in [-0.2, -0.15) is 0 Å². The zero-order valence-corrected chi connectivity index (χ0v) is 44.3. The van der Waals surface area contributed by atoms with Crippen LogP contribution in [0, 0.1) is 35.5 Å². The third-order valence-electron chi connectivity index (χ3n) is 14.9. The Balaban J connectivity index is 1.98. The van der Waals surface area contributed by atoms with Crippen LogP contribution in [0.15, 0.2) is 36.4 Å². The fourth-order valence-electron chi connectivity index (χ4n) is 8.60. The van der Waals surface area contributed by atoms with Gasteiger partial charge in [0.25, 0.3) is 0 Å². The SMILES string of the molecule is CCC(C)CCCOc1cc2c3cc(OCCCC(C)CC)c(OCCCC(C)CC)cc3c3cc(OCCCC(C)CC)c(OCCCC(C)CC)cc3c2cc1OCCCC(C)CC. The molecule has 0 aliphatic rings. The standard InChI is InChI=1S/C60H96O6/c1-13-43(7)25-19-31-61-55-37-49-50(38-56(55)62-32-20-26-44(8)14-2)52-40-58(64-34-22-28-46(10)16-4)60(66-36-24-30-48(12)18-6)42-54(52)53-41-59(65-35-23-29-47(11)17-5)57(39-51(49)53)63-33-21-27-45(9)15-3/h37-48H,13-36H2,1-12H3. The van der Waals surface area contributed by atoms with Gasteiger partial charge in [0.05, 0.1) is 39.6 Å². The van der Waals surface area contributed by atoms with Gasteiger partial charge in [-0.1, -0.05) is 122 Å². The lowest BCUT2D eigenvalue weighted by Gasteiger charge is -2.21. The van der Waals surface area contributed by atoms with E-state index >= 15 is 0 Å². The fraction of sp³-hybridized carbons (Fsp3) is 0.700. The van der Waals surface area contributed by atoms with Crippen molar-refractivity contribution in [3.63, 3.8) is 0 Å². The molecule has 6 unspecified atom stereocenters. The highest BCUT2D eigenvalue weighted by Gasteiger charge is 2.21. The molecule has 6 heteroatoms. The average molecular weight is 913 g/mol. The first kappa shape index (κ1) is 55.1. The average Bonchev–Trinajstić information content (AvgIpc) is 3.33. The van der Waals surface area contributed by atoms with E-state index in [1.165, 1.54) is 38.5 Å². The molecule has 0 N–H and O–H groups in total. The molecule has 372 valence electrons. The van der Waals surface area contributed by atoms with E-state index < -0.39 is 0 Å². The lowest BCUT2D eigenvalue weighted by Crippen LogP contribution is -2.06. The highest BCUT2D eigenvalue weighted by atomic mass is 16.5. The summed E-state index contributed by atoms with van der Waals surface area (Å²) in [6.45, 7) is 31.5. The predicted molar refractivity (Wildman–Crippen MR) is 284 cm³/mol. The van der Waals surface area contributed by atoms with Gasteiger partial charge in [0.15, 0.2) is 34.5 Å². The predicted octanol–water partition coefficient (Wildman–Crippen LogP) is 18.4. The summed E-state index contributed by atoms with van der Waals surface area (Å²) >= 11 is 0. The summed E-state index contributed by atoms with van der Waals surface area (Å²) in [7, 11) is 0. The van der Waals surface area contributed by atoms with Crippen LogP contribution in [0.25, 0.3) is 32.3 Å². The summed E-state index contributed by atoms with van der Waals surface area (Å²) in [5.74, 6) is 8.87. The minimum Gasteiger partial charge on any atom is -0.490 e. The number of ether oxygens (including phenoxy) is 6. The molecule has 4 aromatic carbocycles. The molecule has 0 heterocycles. The Kier molecular flexibility index (Phi) is 25.1. The Labute approximate surface area is 403 Å². The molecule has 0 radical (unpaired) electrons. The van der Waals surface area contributed by atoms with E-state index in [0.717, 1.165) is 144 Å². The van der Waals surface area contributed by atoms with Crippen LogP contribution in [0.2, 0.25) is 0 Å². The number of rotatable bonds is 36. The van der Waals surface area contributed by atoms with Gasteiger partial charge in [-0.3, -0.25) is 0 Å². The molecular weight excluding hydrogens is 817 g/mol. The van der Waals surface area contributed by atoms with Gasteiger partial charge in [-0.05, 0) is 181 Å². The highest BCUT2D eigenvalue weighted by molar-refractivity contribution is 6.26. The summed E-state index contributed by atoms with van der Waals surface area (Å²) < 4.78 is 40.5. The lowest BCUT2D eigenvalue weighted by molar-refractivity contribution is 0.251. The van der Waals surface area contributed by atoms with Crippen LogP contribution in [0.1, 0.15) is 199 Å². The topological polar surface area (TPSA) is 55.4 Å². The van der Waals surface area contributed by atoms with E-state index in [1.807, 2.05) is 0 Å². The van der Waals surface area contributed by atoms with Crippen LogP contribution >= 0.6 is 0 Å². The van der Waals surface area contributed by atoms with Crippen LogP contribution in [-0.4, -0.2) is 39.6 Å².